The third-order valence-corrected chi connectivity index (χ3v) is 12.4. The Morgan fingerprint density at radius 2 is 1.75 bits per heavy atom. The summed E-state index contributed by atoms with van der Waals surface area (Å²) in [7, 11) is 1.96. The number of esters is 2. The number of carbonyl (C=O) groups is 5. The van der Waals surface area contributed by atoms with Gasteiger partial charge in [0.25, 0.3) is 0 Å². The van der Waals surface area contributed by atoms with Gasteiger partial charge in [-0.1, -0.05) is 44.1 Å². The molecule has 18 heteroatoms. The van der Waals surface area contributed by atoms with Crippen molar-refractivity contribution in [3.63, 3.8) is 0 Å². The Hall–Kier alpha value is -3.71. The first-order valence-corrected chi connectivity index (χ1v) is 22.7. The van der Waals surface area contributed by atoms with Crippen LogP contribution < -0.4 is 26.6 Å². The van der Waals surface area contributed by atoms with E-state index in [1.54, 1.807) is 6.08 Å². The Morgan fingerprint density at radius 3 is 2.49 bits per heavy atom. The molecule has 7 atom stereocenters. The van der Waals surface area contributed by atoms with Crippen LogP contribution in [0.4, 0.5) is 4.79 Å². The molecule has 5 N–H and O–H groups in total. The average Bonchev–Trinajstić information content (AvgIpc) is 3.88. The predicted molar refractivity (Wildman–Crippen MR) is 232 cm³/mol. The number of carbonyl (C=O) groups excluding carboxylic acids is 5. The molecule has 0 aliphatic carbocycles. The zero-order valence-corrected chi connectivity index (χ0v) is 36.8. The van der Waals surface area contributed by atoms with Gasteiger partial charge in [0.15, 0.2) is 0 Å². The van der Waals surface area contributed by atoms with Crippen molar-refractivity contribution in [2.75, 3.05) is 51.8 Å². The van der Waals surface area contributed by atoms with Crippen LogP contribution in [0, 0.1) is 0 Å². The second-order valence-corrected chi connectivity index (χ2v) is 17.9. The van der Waals surface area contributed by atoms with Gasteiger partial charge in [0.2, 0.25) is 11.8 Å². The number of rotatable bonds is 18. The third kappa shape index (κ3) is 18.6. The summed E-state index contributed by atoms with van der Waals surface area (Å²) in [5.41, 5.74) is 2.84. The highest BCUT2D eigenvalue weighted by Crippen LogP contribution is 2.33. The molecule has 0 radical (unpaired) electrons. The Morgan fingerprint density at radius 1 is 1.00 bits per heavy atom. The fourth-order valence-electron chi connectivity index (χ4n) is 7.14. The normalized spacial score (nSPS) is 27.1. The number of hydrogen-bond acceptors (Lipinski definition) is 13. The van der Waals surface area contributed by atoms with Gasteiger partial charge in [-0.3, -0.25) is 14.4 Å². The first-order valence-electron chi connectivity index (χ1n) is 20.8. The largest absolute Gasteiger partial charge is 0.462 e. The smallest absolute Gasteiger partial charge is 0.331 e. The number of thioether (sulfide) groups is 1. The summed E-state index contributed by atoms with van der Waals surface area (Å²) in [5.74, 6) is -0.115. The number of allylic oxidation sites excluding steroid dienone is 3. The summed E-state index contributed by atoms with van der Waals surface area (Å²) in [5, 5.41) is 18.2. The van der Waals surface area contributed by atoms with Crippen LogP contribution in [0.25, 0.3) is 0 Å². The Balaban J connectivity index is 1.11. The minimum absolute atomic E-state index is 0.00415. The van der Waals surface area contributed by atoms with E-state index in [1.165, 1.54) is 17.4 Å². The molecule has 0 spiro atoms. The number of aromatic nitrogens is 1. The maximum absolute atomic E-state index is 13.1. The lowest BCUT2D eigenvalue weighted by molar-refractivity contribution is -0.149. The molecule has 4 rings (SSSR count). The molecule has 2 saturated heterocycles. The van der Waals surface area contributed by atoms with Crippen LogP contribution in [0.3, 0.4) is 0 Å². The van der Waals surface area contributed by atoms with Gasteiger partial charge < -0.3 is 45.5 Å². The van der Waals surface area contributed by atoms with Gasteiger partial charge >= 0.3 is 18.0 Å². The van der Waals surface area contributed by atoms with Crippen molar-refractivity contribution in [2.24, 2.45) is 0 Å². The molecule has 4 amide bonds. The second-order valence-electron chi connectivity index (χ2n) is 15.7. The van der Waals surface area contributed by atoms with Gasteiger partial charge in [-0.2, -0.15) is 11.8 Å². The van der Waals surface area contributed by atoms with E-state index in [-0.39, 0.29) is 66.9 Å². The van der Waals surface area contributed by atoms with Crippen molar-refractivity contribution in [3.05, 3.63) is 51.4 Å². The number of unbranched alkanes of at least 4 members (excludes halogenated alkanes) is 1. The molecule has 0 aromatic carbocycles. The van der Waals surface area contributed by atoms with Crippen molar-refractivity contribution in [1.82, 2.24) is 31.6 Å². The number of amides is 4. The average molecular weight is 859 g/mol. The van der Waals surface area contributed by atoms with Crippen molar-refractivity contribution in [3.8, 4) is 0 Å². The monoisotopic (exact) mass is 858 g/mol. The highest BCUT2D eigenvalue weighted by Gasteiger charge is 2.42. The topological polar surface area (TPSA) is 195 Å². The molecule has 0 saturated carbocycles. The number of ether oxygens (including phenoxy) is 4. The summed E-state index contributed by atoms with van der Waals surface area (Å²) in [6.45, 7) is 9.90. The van der Waals surface area contributed by atoms with Crippen LogP contribution >= 0.6 is 23.1 Å². The summed E-state index contributed by atoms with van der Waals surface area (Å²) >= 11 is 3.39. The summed E-state index contributed by atoms with van der Waals surface area (Å²) in [6.07, 6.45) is 10.7. The quantitative estimate of drug-likeness (QED) is 0.0629. The predicted octanol–water partition coefficient (Wildman–Crippen LogP) is 2.81. The van der Waals surface area contributed by atoms with E-state index in [2.05, 4.69) is 26.6 Å². The first kappa shape index (κ1) is 48.0. The van der Waals surface area contributed by atoms with Gasteiger partial charge in [0.1, 0.15) is 20.1 Å². The number of nitrogens with one attached hydrogen (secondary N) is 5. The molecular weight excluding hydrogens is 795 g/mol. The molecule has 326 valence electrons. The molecule has 59 heavy (non-hydrogen) atoms. The lowest BCUT2D eigenvalue weighted by Gasteiger charge is -2.22. The van der Waals surface area contributed by atoms with E-state index >= 15 is 0 Å². The number of nitrogens with zero attached hydrogens (tertiary/aromatic N) is 1. The van der Waals surface area contributed by atoms with Crippen LogP contribution in [0.5, 0.6) is 0 Å². The summed E-state index contributed by atoms with van der Waals surface area (Å²) in [6, 6.07) is -0.00492. The highest BCUT2D eigenvalue weighted by atomic mass is 32.2. The SMILES string of the molecule is B/C(C)=C/C1Cc2nc(cs2)[C@@H](C)C[C@@H](NCC(=O)NCCOCCOCCNC(=O)CCCCC2SC[C@@H]3NC(=O)N[C@H]23)CC(=O)OC(C)C/C(C)=C/C=C\C(=O)O1. The molecule has 1 aromatic rings. The first-order chi connectivity index (χ1) is 28.3. The Kier molecular flexibility index (Phi) is 21.0. The van der Waals surface area contributed by atoms with Gasteiger partial charge in [0.05, 0.1) is 62.2 Å². The second kappa shape index (κ2) is 25.8. The van der Waals surface area contributed by atoms with Crippen molar-refractivity contribution >= 4 is 60.7 Å². The van der Waals surface area contributed by atoms with Crippen LogP contribution in [-0.2, 0) is 44.5 Å². The number of hydrogen-bond donors (Lipinski definition) is 5. The number of fused-ring (bicyclic) bond motifs is 3. The van der Waals surface area contributed by atoms with Gasteiger partial charge in [-0.15, -0.1) is 16.8 Å². The molecule has 4 heterocycles. The van der Waals surface area contributed by atoms with Gasteiger partial charge in [-0.05, 0) is 33.1 Å². The standard InChI is InChI=1S/C41H63BN6O9S2/c1-26-8-7-11-38(51)57-31(20-28(3)42)22-37-46-32(24-59-37)27(2)19-30(21-39(52)56-29(4)18-26)45-23-36(50)44-13-15-55-17-16-54-14-12-43-35(49)10-6-5-9-34-40-33(25-58-34)47-41(53)48-40/h7-8,11,20,24,27,29-31,33-34,40,45H,5-6,9-10,12-19,21-23,25,42H2,1-4H3,(H,43,49)(H,44,50)(H2,47,48,53)/b11-7-,26-8+,28-20+/t27-,29?,30+,31?,33-,34?,40-/m0/s1. The fourth-order valence-corrected chi connectivity index (χ4v) is 9.64. The lowest BCUT2D eigenvalue weighted by Crippen LogP contribution is -2.42. The van der Waals surface area contributed by atoms with Crippen LogP contribution in [0.15, 0.2) is 40.7 Å². The molecule has 1 aromatic heterocycles. The van der Waals surface area contributed by atoms with E-state index in [0.717, 1.165) is 46.8 Å². The zero-order valence-electron chi connectivity index (χ0n) is 35.2. The minimum Gasteiger partial charge on any atom is -0.462 e. The number of thiazole rings is 1. The Bertz CT molecular complexity index is 1640. The van der Waals surface area contributed by atoms with E-state index in [0.29, 0.717) is 70.5 Å². The van der Waals surface area contributed by atoms with Crippen LogP contribution in [0.1, 0.15) is 89.3 Å². The number of cyclic esters (lactones) is 2. The van der Waals surface area contributed by atoms with Gasteiger partial charge in [0, 0.05) is 66.8 Å². The van der Waals surface area contributed by atoms with Crippen molar-refractivity contribution in [1.29, 1.82) is 0 Å². The molecule has 3 aliphatic heterocycles. The van der Waals surface area contributed by atoms with Crippen molar-refractivity contribution in [2.45, 2.75) is 121 Å². The zero-order chi connectivity index (χ0) is 42.6. The van der Waals surface area contributed by atoms with Crippen LogP contribution in [-0.4, -0.2) is 130 Å². The highest BCUT2D eigenvalue weighted by molar-refractivity contribution is 8.00. The van der Waals surface area contributed by atoms with E-state index in [1.807, 2.05) is 64.8 Å². The van der Waals surface area contributed by atoms with E-state index in [4.69, 9.17) is 23.9 Å². The lowest BCUT2D eigenvalue weighted by atomic mass is 9.95. The maximum atomic E-state index is 13.1. The molecule has 3 aliphatic rings. The third-order valence-electron chi connectivity index (χ3n) is 9.98. The Labute approximate surface area is 357 Å². The van der Waals surface area contributed by atoms with E-state index < -0.39 is 12.1 Å². The molecule has 2 bridgehead atoms. The van der Waals surface area contributed by atoms with Crippen LogP contribution in [0.2, 0.25) is 0 Å². The summed E-state index contributed by atoms with van der Waals surface area (Å²) < 4.78 is 22.6. The number of urea groups is 1. The van der Waals surface area contributed by atoms with Crippen molar-refractivity contribution < 1.29 is 42.9 Å². The fraction of sp³-hybridized carbons (Fsp3) is 0.659. The molecule has 2 fully saturated rings. The molecular formula is C41H63BN6O9S2. The summed E-state index contributed by atoms with van der Waals surface area (Å²) in [4.78, 5) is 67.0. The minimum atomic E-state index is -0.456. The molecule has 3 unspecified atom stereocenters. The maximum Gasteiger partial charge on any atom is 0.331 e. The molecule has 15 nitrogen and oxygen atoms in total. The van der Waals surface area contributed by atoms with Gasteiger partial charge in [-0.25, -0.2) is 14.6 Å². The van der Waals surface area contributed by atoms with E-state index in [9.17, 15) is 24.0 Å².